The fourth-order valence-corrected chi connectivity index (χ4v) is 1.72. The fraction of sp³-hybridized carbons (Fsp3) is 0.250. The number of esters is 1. The molecule has 0 fully saturated rings. The number of carbonyl (C=O) groups excluding carboxylic acids is 2. The lowest BCUT2D eigenvalue weighted by Crippen LogP contribution is -2.03. The highest BCUT2D eigenvalue weighted by Crippen LogP contribution is 2.11. The maximum atomic E-state index is 11.2. The Bertz CT molecular complexity index is 462. The summed E-state index contributed by atoms with van der Waals surface area (Å²) in [6.45, 7) is 3.28. The monoisotopic (exact) mass is 267 g/mol. The second kappa shape index (κ2) is 7.39. The van der Waals surface area contributed by atoms with Crippen LogP contribution in [0.25, 0.3) is 0 Å². The van der Waals surface area contributed by atoms with E-state index in [2.05, 4.69) is 9.99 Å². The first-order chi connectivity index (χ1) is 8.63. The van der Waals surface area contributed by atoms with Crippen LogP contribution in [0.2, 0.25) is 0 Å². The molecule has 0 N–H and O–H groups in total. The van der Waals surface area contributed by atoms with Crippen molar-refractivity contribution in [3.05, 3.63) is 34.5 Å². The van der Waals surface area contributed by atoms with Crippen LogP contribution in [0, 0.1) is 0 Å². The highest BCUT2D eigenvalue weighted by molar-refractivity contribution is 7.12. The van der Waals surface area contributed by atoms with Crippen molar-refractivity contribution < 1.29 is 19.2 Å². The summed E-state index contributed by atoms with van der Waals surface area (Å²) in [7, 11) is 0. The van der Waals surface area contributed by atoms with Crippen molar-refractivity contribution >= 4 is 29.0 Å². The molecule has 0 amide bonds. The molecule has 0 radical (unpaired) electrons. The van der Waals surface area contributed by atoms with Gasteiger partial charge in [-0.15, -0.1) is 11.3 Å². The second-order valence-corrected chi connectivity index (χ2v) is 4.07. The van der Waals surface area contributed by atoms with Crippen LogP contribution in [0.4, 0.5) is 0 Å². The number of rotatable bonds is 5. The Morgan fingerprint density at radius 2 is 2.22 bits per heavy atom. The van der Waals surface area contributed by atoms with Crippen LogP contribution in [0.15, 0.2) is 34.8 Å². The highest BCUT2D eigenvalue weighted by atomic mass is 32.1. The van der Waals surface area contributed by atoms with Crippen LogP contribution in [0.3, 0.4) is 0 Å². The lowest BCUT2D eigenvalue weighted by atomic mass is 10.3. The average Bonchev–Trinajstić information content (AvgIpc) is 2.82. The summed E-state index contributed by atoms with van der Waals surface area (Å²) in [5.41, 5.74) is 0.397. The maximum Gasteiger partial charge on any atom is 0.332 e. The van der Waals surface area contributed by atoms with Crippen molar-refractivity contribution in [3.8, 4) is 0 Å². The maximum absolute atomic E-state index is 11.2. The summed E-state index contributed by atoms with van der Waals surface area (Å²) in [5, 5.41) is 5.54. The predicted octanol–water partition coefficient (Wildman–Crippen LogP) is 2.13. The van der Waals surface area contributed by atoms with Crippen molar-refractivity contribution in [1.82, 2.24) is 0 Å². The molecule has 0 unspecified atom stereocenters. The van der Waals surface area contributed by atoms with Gasteiger partial charge in [-0.2, -0.15) is 0 Å². The van der Waals surface area contributed by atoms with Gasteiger partial charge in [0.2, 0.25) is 0 Å². The van der Waals surface area contributed by atoms with E-state index in [9.17, 15) is 9.59 Å². The Labute approximate surface area is 109 Å². The summed E-state index contributed by atoms with van der Waals surface area (Å²) in [4.78, 5) is 27.3. The lowest BCUT2D eigenvalue weighted by molar-refractivity contribution is -0.141. The third-order valence-corrected chi connectivity index (χ3v) is 2.60. The van der Waals surface area contributed by atoms with E-state index in [1.54, 1.807) is 6.92 Å². The molecule has 0 aliphatic carbocycles. The number of hydrogen-bond acceptors (Lipinski definition) is 6. The number of ether oxygens (including phenoxy) is 1. The van der Waals surface area contributed by atoms with Crippen LogP contribution in [-0.4, -0.2) is 24.3 Å². The topological polar surface area (TPSA) is 65.0 Å². The molecule has 0 spiro atoms. The molecule has 0 saturated heterocycles. The van der Waals surface area contributed by atoms with E-state index in [1.807, 2.05) is 17.5 Å². The molecule has 1 aromatic rings. The van der Waals surface area contributed by atoms with Crippen molar-refractivity contribution in [2.45, 2.75) is 13.8 Å². The number of oxime groups is 1. The van der Waals surface area contributed by atoms with Crippen LogP contribution in [0.1, 0.15) is 18.7 Å². The molecule has 0 aromatic carbocycles. The molecule has 1 rings (SSSR count). The molecular formula is C12H13NO4S. The van der Waals surface area contributed by atoms with Crippen molar-refractivity contribution in [2.24, 2.45) is 5.16 Å². The van der Waals surface area contributed by atoms with E-state index in [0.29, 0.717) is 12.3 Å². The van der Waals surface area contributed by atoms with Gasteiger partial charge in [-0.3, -0.25) is 0 Å². The van der Waals surface area contributed by atoms with E-state index in [0.717, 1.165) is 4.88 Å². The first-order valence-electron chi connectivity index (χ1n) is 5.27. The largest absolute Gasteiger partial charge is 0.463 e. The first-order valence-corrected chi connectivity index (χ1v) is 6.15. The minimum atomic E-state index is -0.520. The van der Waals surface area contributed by atoms with Crippen LogP contribution >= 0.6 is 11.3 Å². The molecule has 6 heteroatoms. The Morgan fingerprint density at radius 3 is 2.78 bits per heavy atom. The van der Waals surface area contributed by atoms with Gasteiger partial charge in [0.05, 0.1) is 11.5 Å². The summed E-state index contributed by atoms with van der Waals surface area (Å²) in [6.07, 6.45) is 2.69. The van der Waals surface area contributed by atoms with Gasteiger partial charge in [-0.25, -0.2) is 9.59 Å². The molecule has 0 aliphatic rings. The Balaban J connectivity index is 2.82. The summed E-state index contributed by atoms with van der Waals surface area (Å²) in [6, 6.07) is 3.64. The Kier molecular flexibility index (Phi) is 5.79. The molecule has 0 bridgehead atoms. The first kappa shape index (κ1) is 14.1. The van der Waals surface area contributed by atoms with Gasteiger partial charge in [-0.05, 0) is 24.4 Å². The quantitative estimate of drug-likeness (QED) is 0.269. The normalized spacial score (nSPS) is 11.6. The van der Waals surface area contributed by atoms with Gasteiger partial charge in [0.25, 0.3) is 0 Å². The zero-order valence-electron chi connectivity index (χ0n) is 10.1. The lowest BCUT2D eigenvalue weighted by Gasteiger charge is -1.98. The number of nitrogens with zero attached hydrogens (tertiary/aromatic N) is 1. The number of hydrogen-bond donors (Lipinski definition) is 0. The van der Waals surface area contributed by atoms with Crippen molar-refractivity contribution in [1.29, 1.82) is 0 Å². The summed E-state index contributed by atoms with van der Waals surface area (Å²) < 4.78 is 4.75. The minimum absolute atomic E-state index is 0.304. The van der Waals surface area contributed by atoms with Gasteiger partial charge in [0.15, 0.2) is 0 Å². The van der Waals surface area contributed by atoms with Gasteiger partial charge in [0, 0.05) is 13.0 Å². The van der Waals surface area contributed by atoms with E-state index >= 15 is 0 Å². The molecule has 5 nitrogen and oxygen atoms in total. The third kappa shape index (κ3) is 4.92. The standard InChI is InChI=1S/C12H13NO4S/c1-3-16-12(15)7-6-10(13-17-9(2)14)11-5-4-8-18-11/h4-8H,3H2,1-2H3. The molecule has 0 saturated carbocycles. The average molecular weight is 267 g/mol. The summed E-state index contributed by atoms with van der Waals surface area (Å²) >= 11 is 1.42. The summed E-state index contributed by atoms with van der Waals surface area (Å²) in [5.74, 6) is -0.988. The van der Waals surface area contributed by atoms with E-state index in [1.165, 1.54) is 30.4 Å². The molecule has 0 atom stereocenters. The van der Waals surface area contributed by atoms with Gasteiger partial charge in [0.1, 0.15) is 5.71 Å². The minimum Gasteiger partial charge on any atom is -0.463 e. The zero-order chi connectivity index (χ0) is 13.4. The number of thiophene rings is 1. The SMILES string of the molecule is CCOC(=O)C=CC(=NOC(C)=O)c1cccs1. The second-order valence-electron chi connectivity index (χ2n) is 3.12. The molecular weight excluding hydrogens is 254 g/mol. The molecule has 0 aliphatic heterocycles. The Hall–Kier alpha value is -1.95. The number of allylic oxidation sites excluding steroid dienone is 1. The smallest absolute Gasteiger partial charge is 0.332 e. The van der Waals surface area contributed by atoms with Gasteiger partial charge < -0.3 is 9.57 Å². The van der Waals surface area contributed by atoms with Crippen molar-refractivity contribution in [2.75, 3.05) is 6.61 Å². The van der Waals surface area contributed by atoms with Crippen molar-refractivity contribution in [3.63, 3.8) is 0 Å². The predicted molar refractivity (Wildman–Crippen MR) is 68.4 cm³/mol. The van der Waals surface area contributed by atoms with Crippen LogP contribution in [-0.2, 0) is 19.2 Å². The van der Waals surface area contributed by atoms with E-state index in [4.69, 9.17) is 4.74 Å². The molecule has 96 valence electrons. The Morgan fingerprint density at radius 1 is 1.44 bits per heavy atom. The molecule has 1 aromatic heterocycles. The number of carbonyl (C=O) groups is 2. The van der Waals surface area contributed by atoms with Gasteiger partial charge in [-0.1, -0.05) is 11.2 Å². The van der Waals surface area contributed by atoms with Crippen LogP contribution in [0.5, 0.6) is 0 Å². The van der Waals surface area contributed by atoms with E-state index < -0.39 is 11.9 Å². The van der Waals surface area contributed by atoms with Crippen LogP contribution < -0.4 is 0 Å². The zero-order valence-corrected chi connectivity index (χ0v) is 10.9. The molecule has 1 heterocycles. The molecule has 18 heavy (non-hydrogen) atoms. The highest BCUT2D eigenvalue weighted by Gasteiger charge is 2.04. The third-order valence-electron chi connectivity index (χ3n) is 1.71. The van der Waals surface area contributed by atoms with Gasteiger partial charge >= 0.3 is 11.9 Å². The van der Waals surface area contributed by atoms with E-state index in [-0.39, 0.29) is 0 Å². The fourth-order valence-electron chi connectivity index (χ4n) is 1.03.